The number of aromatic nitrogens is 2. The minimum Gasteiger partial charge on any atom is -0.495 e. The summed E-state index contributed by atoms with van der Waals surface area (Å²) in [6, 6.07) is 10.6. The molecule has 3 aromatic rings. The summed E-state index contributed by atoms with van der Waals surface area (Å²) >= 11 is 6.11. The topological polar surface area (TPSA) is 76.1 Å². The average Bonchev–Trinajstić information content (AvgIpc) is 2.70. The zero-order valence-electron chi connectivity index (χ0n) is 15.0. The van der Waals surface area contributed by atoms with Crippen LogP contribution in [-0.2, 0) is 6.54 Å². The van der Waals surface area contributed by atoms with Gasteiger partial charge in [-0.25, -0.2) is 4.98 Å². The quantitative estimate of drug-likeness (QED) is 0.664. The monoisotopic (exact) mass is 382 g/mol. The van der Waals surface area contributed by atoms with Gasteiger partial charge in [-0.05, 0) is 48.4 Å². The van der Waals surface area contributed by atoms with E-state index < -0.39 is 0 Å². The minimum atomic E-state index is -0.260. The van der Waals surface area contributed by atoms with Gasteiger partial charge >= 0.3 is 0 Å². The number of rotatable bonds is 6. The van der Waals surface area contributed by atoms with Gasteiger partial charge in [-0.3, -0.25) is 9.78 Å². The Kier molecular flexibility index (Phi) is 5.88. The number of amides is 1. The Morgan fingerprint density at radius 3 is 2.67 bits per heavy atom. The molecule has 1 amide bonds. The highest BCUT2D eigenvalue weighted by atomic mass is 35.5. The summed E-state index contributed by atoms with van der Waals surface area (Å²) in [5.74, 6) is 0.854. The van der Waals surface area contributed by atoms with Crippen LogP contribution in [0.4, 0.5) is 11.5 Å². The highest BCUT2D eigenvalue weighted by Gasteiger charge is 2.12. The highest BCUT2D eigenvalue weighted by Crippen LogP contribution is 2.31. The van der Waals surface area contributed by atoms with E-state index in [1.54, 1.807) is 42.9 Å². The maximum absolute atomic E-state index is 12.6. The van der Waals surface area contributed by atoms with Gasteiger partial charge in [0.05, 0.1) is 12.8 Å². The number of carbonyl (C=O) groups excluding carboxylic acids is 1. The summed E-state index contributed by atoms with van der Waals surface area (Å²) < 4.78 is 5.30. The number of nitrogens with zero attached hydrogens (tertiary/aromatic N) is 2. The van der Waals surface area contributed by atoms with Crippen LogP contribution < -0.4 is 15.4 Å². The molecule has 0 fully saturated rings. The van der Waals surface area contributed by atoms with Gasteiger partial charge in [0, 0.05) is 41.8 Å². The van der Waals surface area contributed by atoms with Gasteiger partial charge in [-0.2, -0.15) is 0 Å². The number of aryl methyl sites for hydroxylation is 1. The Bertz CT molecular complexity index is 948. The molecule has 0 saturated heterocycles. The van der Waals surface area contributed by atoms with Crippen LogP contribution in [0.25, 0.3) is 0 Å². The molecule has 0 aliphatic heterocycles. The predicted molar refractivity (Wildman–Crippen MR) is 106 cm³/mol. The normalized spacial score (nSPS) is 10.3. The fourth-order valence-electron chi connectivity index (χ4n) is 2.49. The smallest absolute Gasteiger partial charge is 0.255 e. The lowest BCUT2D eigenvalue weighted by Crippen LogP contribution is -2.13. The third-order valence-corrected chi connectivity index (χ3v) is 4.38. The first-order valence-electron chi connectivity index (χ1n) is 8.31. The Hall–Kier alpha value is -3.12. The summed E-state index contributed by atoms with van der Waals surface area (Å²) in [6.07, 6.45) is 5.06. The van der Waals surface area contributed by atoms with Crippen LogP contribution in [0.3, 0.4) is 0 Å². The number of nitrogens with one attached hydrogen (secondary N) is 2. The number of methoxy groups -OCH3 is 1. The second kappa shape index (κ2) is 8.51. The molecule has 27 heavy (non-hydrogen) atoms. The van der Waals surface area contributed by atoms with E-state index in [4.69, 9.17) is 16.3 Å². The maximum atomic E-state index is 12.6. The van der Waals surface area contributed by atoms with Gasteiger partial charge in [-0.1, -0.05) is 11.6 Å². The summed E-state index contributed by atoms with van der Waals surface area (Å²) in [6.45, 7) is 2.45. The van der Waals surface area contributed by atoms with Crippen molar-refractivity contribution in [2.24, 2.45) is 0 Å². The molecule has 0 saturated carbocycles. The lowest BCUT2D eigenvalue weighted by atomic mass is 10.2. The SMILES string of the molecule is COc1cc(Cl)c(C)cc1NC(=O)c1ccnc(NCc2ccncc2)c1. The number of anilines is 2. The Balaban J connectivity index is 1.73. The maximum Gasteiger partial charge on any atom is 0.255 e. The van der Waals surface area contributed by atoms with Crippen LogP contribution >= 0.6 is 11.6 Å². The molecule has 2 N–H and O–H groups in total. The third kappa shape index (κ3) is 4.74. The largest absolute Gasteiger partial charge is 0.495 e. The number of ether oxygens (including phenoxy) is 1. The lowest BCUT2D eigenvalue weighted by Gasteiger charge is -2.13. The van der Waals surface area contributed by atoms with E-state index in [9.17, 15) is 4.79 Å². The van der Waals surface area contributed by atoms with Crippen LogP contribution in [0.15, 0.2) is 55.0 Å². The van der Waals surface area contributed by atoms with Crippen LogP contribution in [0.5, 0.6) is 5.75 Å². The molecule has 2 heterocycles. The lowest BCUT2D eigenvalue weighted by molar-refractivity contribution is 0.102. The fraction of sp³-hybridized carbons (Fsp3) is 0.150. The van der Waals surface area contributed by atoms with Crippen molar-refractivity contribution in [1.82, 2.24) is 9.97 Å². The molecule has 2 aromatic heterocycles. The van der Waals surface area contributed by atoms with Crippen LogP contribution in [0.2, 0.25) is 5.02 Å². The van der Waals surface area contributed by atoms with Crippen molar-refractivity contribution >= 4 is 29.0 Å². The molecular formula is C20H19ClN4O2. The van der Waals surface area contributed by atoms with Gasteiger partial charge in [0.15, 0.2) is 0 Å². The number of hydrogen-bond donors (Lipinski definition) is 2. The van der Waals surface area contributed by atoms with Crippen molar-refractivity contribution in [3.63, 3.8) is 0 Å². The van der Waals surface area contributed by atoms with E-state index in [1.165, 1.54) is 7.11 Å². The molecular weight excluding hydrogens is 364 g/mol. The Morgan fingerprint density at radius 2 is 1.93 bits per heavy atom. The van der Waals surface area contributed by atoms with E-state index in [2.05, 4.69) is 20.6 Å². The molecule has 0 radical (unpaired) electrons. The molecule has 0 aliphatic carbocycles. The average molecular weight is 383 g/mol. The van der Waals surface area contributed by atoms with Gasteiger partial charge in [0.1, 0.15) is 11.6 Å². The van der Waals surface area contributed by atoms with E-state index in [1.807, 2.05) is 19.1 Å². The number of pyridine rings is 2. The van der Waals surface area contributed by atoms with Crippen LogP contribution in [0, 0.1) is 6.92 Å². The molecule has 0 spiro atoms. The number of benzene rings is 1. The van der Waals surface area contributed by atoms with Crippen molar-refractivity contribution in [2.45, 2.75) is 13.5 Å². The van der Waals surface area contributed by atoms with Crippen LogP contribution in [0.1, 0.15) is 21.5 Å². The second-order valence-electron chi connectivity index (χ2n) is 5.89. The number of halogens is 1. The molecule has 0 unspecified atom stereocenters. The van der Waals surface area contributed by atoms with E-state index in [0.717, 1.165) is 11.1 Å². The fourth-order valence-corrected chi connectivity index (χ4v) is 2.64. The van der Waals surface area contributed by atoms with Gasteiger partial charge in [-0.15, -0.1) is 0 Å². The highest BCUT2D eigenvalue weighted by molar-refractivity contribution is 6.31. The first-order chi connectivity index (χ1) is 13.1. The Morgan fingerprint density at radius 1 is 1.15 bits per heavy atom. The first kappa shape index (κ1) is 18.7. The van der Waals surface area contributed by atoms with Crippen molar-refractivity contribution in [3.8, 4) is 5.75 Å². The van der Waals surface area contributed by atoms with Crippen LogP contribution in [-0.4, -0.2) is 23.0 Å². The Labute approximate surface area is 162 Å². The standard InChI is InChI=1S/C20H19ClN4O2/c1-13-9-17(18(27-2)11-16(13)21)25-20(26)15-5-8-23-19(10-15)24-12-14-3-6-22-7-4-14/h3-11H,12H2,1-2H3,(H,23,24)(H,25,26). The van der Waals surface area contributed by atoms with Gasteiger partial charge < -0.3 is 15.4 Å². The molecule has 138 valence electrons. The van der Waals surface area contributed by atoms with Gasteiger partial charge in [0.25, 0.3) is 5.91 Å². The summed E-state index contributed by atoms with van der Waals surface area (Å²) in [7, 11) is 1.53. The summed E-state index contributed by atoms with van der Waals surface area (Å²) in [4.78, 5) is 20.9. The second-order valence-corrected chi connectivity index (χ2v) is 6.30. The van der Waals surface area contributed by atoms with Crippen molar-refractivity contribution < 1.29 is 9.53 Å². The molecule has 0 atom stereocenters. The zero-order chi connectivity index (χ0) is 19.2. The molecule has 7 heteroatoms. The number of carbonyl (C=O) groups is 1. The molecule has 3 rings (SSSR count). The van der Waals surface area contributed by atoms with Crippen molar-refractivity contribution in [2.75, 3.05) is 17.7 Å². The summed E-state index contributed by atoms with van der Waals surface area (Å²) in [5, 5.41) is 6.64. The molecule has 0 aliphatic rings. The van der Waals surface area contributed by atoms with E-state index in [0.29, 0.717) is 34.4 Å². The minimum absolute atomic E-state index is 0.260. The van der Waals surface area contributed by atoms with Crippen molar-refractivity contribution in [3.05, 3.63) is 76.7 Å². The zero-order valence-corrected chi connectivity index (χ0v) is 15.7. The molecule has 1 aromatic carbocycles. The van der Waals surface area contributed by atoms with E-state index in [-0.39, 0.29) is 5.91 Å². The third-order valence-electron chi connectivity index (χ3n) is 3.97. The van der Waals surface area contributed by atoms with E-state index >= 15 is 0 Å². The molecule has 0 bridgehead atoms. The number of hydrogen-bond acceptors (Lipinski definition) is 5. The van der Waals surface area contributed by atoms with Gasteiger partial charge in [0.2, 0.25) is 0 Å². The first-order valence-corrected chi connectivity index (χ1v) is 8.69. The summed E-state index contributed by atoms with van der Waals surface area (Å²) in [5.41, 5.74) is 2.97. The predicted octanol–water partition coefficient (Wildman–Crippen LogP) is 4.31. The van der Waals surface area contributed by atoms with Crippen molar-refractivity contribution in [1.29, 1.82) is 0 Å². The molecule has 6 nitrogen and oxygen atoms in total.